The van der Waals surface area contributed by atoms with Crippen molar-refractivity contribution in [1.29, 1.82) is 0 Å². The highest BCUT2D eigenvalue weighted by Crippen LogP contribution is 2.04. The standard InChI is InChI=1S/C16H27N3O3/c1-3-9-18(10-4-2)15(20)13-22-14-7-5-11-19(16(14)21)12-6-8-17/h5,7,11H,3-4,6,8-10,12-13,17H2,1-2H3. The lowest BCUT2D eigenvalue weighted by atomic mass is 10.3. The van der Waals surface area contributed by atoms with E-state index in [1.807, 2.05) is 13.8 Å². The molecule has 1 rings (SSSR count). The number of pyridine rings is 1. The van der Waals surface area contributed by atoms with E-state index in [1.165, 1.54) is 0 Å². The molecule has 1 aromatic rings. The van der Waals surface area contributed by atoms with Gasteiger partial charge in [-0.05, 0) is 37.9 Å². The molecule has 2 N–H and O–H groups in total. The number of aryl methyl sites for hydroxylation is 1. The van der Waals surface area contributed by atoms with Gasteiger partial charge in [-0.2, -0.15) is 0 Å². The van der Waals surface area contributed by atoms with E-state index in [1.54, 1.807) is 27.8 Å². The molecule has 0 atom stereocenters. The second-order valence-corrected chi connectivity index (χ2v) is 5.18. The Labute approximate surface area is 131 Å². The first-order valence-corrected chi connectivity index (χ1v) is 7.94. The molecule has 0 saturated heterocycles. The van der Waals surface area contributed by atoms with Crippen molar-refractivity contribution in [3.63, 3.8) is 0 Å². The van der Waals surface area contributed by atoms with Crippen LogP contribution >= 0.6 is 0 Å². The smallest absolute Gasteiger partial charge is 0.292 e. The first-order chi connectivity index (χ1) is 10.6. The quantitative estimate of drug-likeness (QED) is 0.705. The van der Waals surface area contributed by atoms with E-state index < -0.39 is 0 Å². The van der Waals surface area contributed by atoms with Gasteiger partial charge in [-0.1, -0.05) is 13.8 Å². The molecule has 6 heteroatoms. The van der Waals surface area contributed by atoms with Gasteiger partial charge >= 0.3 is 0 Å². The van der Waals surface area contributed by atoms with E-state index in [0.717, 1.165) is 19.3 Å². The van der Waals surface area contributed by atoms with Gasteiger partial charge in [0.15, 0.2) is 12.4 Å². The number of amides is 1. The molecule has 1 aromatic heterocycles. The normalized spacial score (nSPS) is 10.5. The summed E-state index contributed by atoms with van der Waals surface area (Å²) < 4.78 is 7.00. The lowest BCUT2D eigenvalue weighted by Crippen LogP contribution is -2.36. The number of nitrogens with zero attached hydrogens (tertiary/aromatic N) is 2. The largest absolute Gasteiger partial charge is 0.478 e. The predicted octanol–water partition coefficient (Wildman–Crippen LogP) is 1.22. The van der Waals surface area contributed by atoms with Crippen molar-refractivity contribution in [2.45, 2.75) is 39.7 Å². The van der Waals surface area contributed by atoms with Crippen LogP contribution in [0.2, 0.25) is 0 Å². The molecule has 0 aliphatic carbocycles. The first-order valence-electron chi connectivity index (χ1n) is 7.94. The fourth-order valence-corrected chi connectivity index (χ4v) is 2.19. The third kappa shape index (κ3) is 5.52. The van der Waals surface area contributed by atoms with Crippen LogP contribution in [0.25, 0.3) is 0 Å². The van der Waals surface area contributed by atoms with Crippen LogP contribution in [0, 0.1) is 0 Å². The molecule has 1 amide bonds. The van der Waals surface area contributed by atoms with Gasteiger partial charge in [0.2, 0.25) is 0 Å². The van der Waals surface area contributed by atoms with Crippen molar-refractivity contribution < 1.29 is 9.53 Å². The van der Waals surface area contributed by atoms with Gasteiger partial charge < -0.3 is 19.9 Å². The van der Waals surface area contributed by atoms with E-state index in [9.17, 15) is 9.59 Å². The summed E-state index contributed by atoms with van der Waals surface area (Å²) >= 11 is 0. The molecule has 0 radical (unpaired) electrons. The molecule has 0 aliphatic heterocycles. The molecule has 0 bridgehead atoms. The molecule has 1 heterocycles. The summed E-state index contributed by atoms with van der Waals surface area (Å²) in [6, 6.07) is 3.34. The zero-order chi connectivity index (χ0) is 16.4. The van der Waals surface area contributed by atoms with E-state index in [0.29, 0.717) is 26.2 Å². The monoisotopic (exact) mass is 309 g/mol. The summed E-state index contributed by atoms with van der Waals surface area (Å²) in [5.41, 5.74) is 5.24. The summed E-state index contributed by atoms with van der Waals surface area (Å²) in [5.74, 6) is 0.126. The second-order valence-electron chi connectivity index (χ2n) is 5.18. The highest BCUT2D eigenvalue weighted by atomic mass is 16.5. The van der Waals surface area contributed by atoms with Crippen molar-refractivity contribution >= 4 is 5.91 Å². The number of carbonyl (C=O) groups is 1. The van der Waals surface area contributed by atoms with Gasteiger partial charge in [-0.15, -0.1) is 0 Å². The van der Waals surface area contributed by atoms with Gasteiger partial charge in [0, 0.05) is 25.8 Å². The highest BCUT2D eigenvalue weighted by Gasteiger charge is 2.13. The number of hydrogen-bond donors (Lipinski definition) is 1. The maximum atomic E-state index is 12.2. The van der Waals surface area contributed by atoms with E-state index in [2.05, 4.69) is 0 Å². The Hall–Kier alpha value is -1.82. The molecule has 0 spiro atoms. The third-order valence-electron chi connectivity index (χ3n) is 3.28. The number of nitrogens with two attached hydrogens (primary N) is 1. The van der Waals surface area contributed by atoms with Crippen molar-refractivity contribution in [2.24, 2.45) is 5.73 Å². The fraction of sp³-hybridized carbons (Fsp3) is 0.625. The SMILES string of the molecule is CCCN(CCC)C(=O)COc1cccn(CCCN)c1=O. The Morgan fingerprint density at radius 3 is 2.59 bits per heavy atom. The van der Waals surface area contributed by atoms with Crippen LogP contribution in [-0.2, 0) is 11.3 Å². The molecule has 0 fully saturated rings. The minimum Gasteiger partial charge on any atom is -0.478 e. The predicted molar refractivity (Wildman–Crippen MR) is 87.0 cm³/mol. The molecule has 124 valence electrons. The second kappa shape index (κ2) is 10.00. The molecule has 0 unspecified atom stereocenters. The number of carbonyl (C=O) groups excluding carboxylic acids is 1. The Balaban J connectivity index is 2.67. The van der Waals surface area contributed by atoms with Crippen LogP contribution in [0.4, 0.5) is 0 Å². The fourth-order valence-electron chi connectivity index (χ4n) is 2.19. The Bertz CT molecular complexity index is 508. The number of aromatic nitrogens is 1. The van der Waals surface area contributed by atoms with Gasteiger partial charge in [0.25, 0.3) is 11.5 Å². The average Bonchev–Trinajstić information content (AvgIpc) is 2.52. The van der Waals surface area contributed by atoms with Crippen molar-refractivity contribution in [1.82, 2.24) is 9.47 Å². The van der Waals surface area contributed by atoms with Crippen LogP contribution in [0.15, 0.2) is 23.1 Å². The molecular formula is C16H27N3O3. The zero-order valence-electron chi connectivity index (χ0n) is 13.6. The number of rotatable bonds is 10. The molecular weight excluding hydrogens is 282 g/mol. The summed E-state index contributed by atoms with van der Waals surface area (Å²) in [5, 5.41) is 0. The van der Waals surface area contributed by atoms with Crippen molar-refractivity contribution in [3.05, 3.63) is 28.7 Å². The Morgan fingerprint density at radius 2 is 2.00 bits per heavy atom. The third-order valence-corrected chi connectivity index (χ3v) is 3.28. The van der Waals surface area contributed by atoms with Crippen molar-refractivity contribution in [2.75, 3.05) is 26.2 Å². The Kier molecular flexibility index (Phi) is 8.28. The summed E-state index contributed by atoms with van der Waals surface area (Å²) in [6.45, 7) is 6.47. The lowest BCUT2D eigenvalue weighted by molar-refractivity contribution is -0.133. The van der Waals surface area contributed by atoms with Crippen LogP contribution in [0.1, 0.15) is 33.1 Å². The lowest BCUT2D eigenvalue weighted by Gasteiger charge is -2.21. The van der Waals surface area contributed by atoms with Crippen LogP contribution < -0.4 is 16.0 Å². The molecule has 0 aliphatic rings. The molecule has 0 saturated carbocycles. The highest BCUT2D eigenvalue weighted by molar-refractivity contribution is 5.77. The Morgan fingerprint density at radius 1 is 1.32 bits per heavy atom. The average molecular weight is 309 g/mol. The minimum absolute atomic E-state index is 0.0829. The summed E-state index contributed by atoms with van der Waals surface area (Å²) in [6.07, 6.45) is 4.24. The van der Waals surface area contributed by atoms with Gasteiger partial charge in [0.1, 0.15) is 0 Å². The molecule has 22 heavy (non-hydrogen) atoms. The first kappa shape index (κ1) is 18.2. The summed E-state index contributed by atoms with van der Waals surface area (Å²) in [7, 11) is 0. The van der Waals surface area contributed by atoms with E-state index in [4.69, 9.17) is 10.5 Å². The minimum atomic E-state index is -0.221. The topological polar surface area (TPSA) is 77.6 Å². The maximum absolute atomic E-state index is 12.2. The zero-order valence-corrected chi connectivity index (χ0v) is 13.6. The molecule has 6 nitrogen and oxygen atoms in total. The number of hydrogen-bond acceptors (Lipinski definition) is 4. The van der Waals surface area contributed by atoms with Crippen LogP contribution in [0.5, 0.6) is 5.75 Å². The van der Waals surface area contributed by atoms with Crippen LogP contribution in [0.3, 0.4) is 0 Å². The van der Waals surface area contributed by atoms with Gasteiger partial charge in [-0.3, -0.25) is 9.59 Å². The van der Waals surface area contributed by atoms with Gasteiger partial charge in [-0.25, -0.2) is 0 Å². The van der Waals surface area contributed by atoms with Crippen LogP contribution in [-0.4, -0.2) is 41.6 Å². The maximum Gasteiger partial charge on any atom is 0.292 e. The van der Waals surface area contributed by atoms with E-state index >= 15 is 0 Å². The number of ether oxygens (including phenoxy) is 1. The molecule has 0 aromatic carbocycles. The van der Waals surface area contributed by atoms with E-state index in [-0.39, 0.29) is 23.8 Å². The van der Waals surface area contributed by atoms with Gasteiger partial charge in [0.05, 0.1) is 0 Å². The van der Waals surface area contributed by atoms with Crippen molar-refractivity contribution in [3.8, 4) is 5.75 Å². The summed E-state index contributed by atoms with van der Waals surface area (Å²) in [4.78, 5) is 26.1.